The number of methoxy groups -OCH3 is 1. The monoisotopic (exact) mass is 333 g/mol. The van der Waals surface area contributed by atoms with E-state index in [1.165, 1.54) is 17.9 Å². The van der Waals surface area contributed by atoms with E-state index in [9.17, 15) is 14.4 Å². The van der Waals surface area contributed by atoms with E-state index in [2.05, 4.69) is 0 Å². The van der Waals surface area contributed by atoms with Gasteiger partial charge in [0.05, 0.1) is 18.2 Å². The zero-order chi connectivity index (χ0) is 17.8. The number of carbonyl (C=O) groups is 2. The van der Waals surface area contributed by atoms with Gasteiger partial charge < -0.3 is 4.74 Å². The lowest BCUT2D eigenvalue weighted by Crippen LogP contribution is -2.23. The first-order valence-electron chi connectivity index (χ1n) is 7.62. The third kappa shape index (κ3) is 3.26. The second-order valence-electron chi connectivity index (χ2n) is 5.33. The molecule has 124 valence electrons. The van der Waals surface area contributed by atoms with Gasteiger partial charge in [0.2, 0.25) is 0 Å². The van der Waals surface area contributed by atoms with E-state index in [1.807, 2.05) is 6.07 Å². The predicted octanol–water partition coefficient (Wildman–Crippen LogP) is 2.86. The molecule has 0 saturated heterocycles. The molecule has 3 aromatic rings. The molecule has 1 heterocycles. The van der Waals surface area contributed by atoms with E-state index in [-0.39, 0.29) is 16.9 Å². The summed E-state index contributed by atoms with van der Waals surface area (Å²) in [5.74, 6) is -1.08. The van der Waals surface area contributed by atoms with Gasteiger partial charge in [0.15, 0.2) is 5.78 Å². The van der Waals surface area contributed by atoms with Gasteiger partial charge in [-0.25, -0.2) is 4.79 Å². The van der Waals surface area contributed by atoms with Gasteiger partial charge in [-0.1, -0.05) is 48.5 Å². The maximum atomic E-state index is 12.9. The molecular weight excluding hydrogens is 318 g/mol. The average Bonchev–Trinajstić information content (AvgIpc) is 2.68. The summed E-state index contributed by atoms with van der Waals surface area (Å²) >= 11 is 0. The topological polar surface area (TPSA) is 65.4 Å². The fourth-order valence-electron chi connectivity index (χ4n) is 2.53. The molecule has 0 spiro atoms. The highest BCUT2D eigenvalue weighted by molar-refractivity contribution is 6.14. The SMILES string of the molecule is COC(=O)c1cc(=O)n(-c2ccccc2)cc1C(=O)c1ccccc1. The van der Waals surface area contributed by atoms with E-state index in [4.69, 9.17) is 4.74 Å². The van der Waals surface area contributed by atoms with Crippen LogP contribution in [0.5, 0.6) is 0 Å². The van der Waals surface area contributed by atoms with Crippen molar-refractivity contribution < 1.29 is 14.3 Å². The summed E-state index contributed by atoms with van der Waals surface area (Å²) in [7, 11) is 1.21. The van der Waals surface area contributed by atoms with E-state index >= 15 is 0 Å². The Hall–Kier alpha value is -3.47. The van der Waals surface area contributed by atoms with Crippen LogP contribution in [0.3, 0.4) is 0 Å². The first-order chi connectivity index (χ1) is 12.1. The van der Waals surface area contributed by atoms with Gasteiger partial charge in [-0.05, 0) is 12.1 Å². The van der Waals surface area contributed by atoms with Crippen molar-refractivity contribution in [2.75, 3.05) is 7.11 Å². The Morgan fingerprint density at radius 3 is 2.08 bits per heavy atom. The highest BCUT2D eigenvalue weighted by atomic mass is 16.5. The lowest BCUT2D eigenvalue weighted by atomic mass is 10.00. The molecule has 0 aliphatic carbocycles. The Morgan fingerprint density at radius 1 is 0.880 bits per heavy atom. The van der Waals surface area contributed by atoms with Crippen LogP contribution in [0, 0.1) is 0 Å². The lowest BCUT2D eigenvalue weighted by molar-refractivity contribution is 0.0597. The minimum atomic E-state index is -0.725. The highest BCUT2D eigenvalue weighted by Crippen LogP contribution is 2.16. The number of ketones is 1. The molecule has 0 aliphatic rings. The number of nitrogens with zero attached hydrogens (tertiary/aromatic N) is 1. The number of ether oxygens (including phenoxy) is 1. The minimum absolute atomic E-state index is 0.0477. The van der Waals surface area contributed by atoms with Crippen molar-refractivity contribution in [2.45, 2.75) is 0 Å². The second-order valence-corrected chi connectivity index (χ2v) is 5.33. The standard InChI is InChI=1S/C20H15NO4/c1-25-20(24)16-12-18(22)21(15-10-6-3-7-11-15)13-17(16)19(23)14-8-4-2-5-9-14/h2-13H,1H3. The maximum absolute atomic E-state index is 12.9. The molecule has 0 N–H and O–H groups in total. The Labute approximate surface area is 144 Å². The number of hydrogen-bond acceptors (Lipinski definition) is 4. The number of aromatic nitrogens is 1. The van der Waals surface area contributed by atoms with Crippen molar-refractivity contribution in [1.82, 2.24) is 4.57 Å². The smallest absolute Gasteiger partial charge is 0.338 e. The Balaban J connectivity index is 2.22. The number of rotatable bonds is 4. The Kier molecular flexibility index (Phi) is 4.57. The summed E-state index contributed by atoms with van der Waals surface area (Å²) in [6, 6.07) is 18.6. The molecule has 3 rings (SSSR count). The molecule has 0 fully saturated rings. The third-order valence-electron chi connectivity index (χ3n) is 3.77. The van der Waals surface area contributed by atoms with E-state index in [1.54, 1.807) is 54.6 Å². The van der Waals surface area contributed by atoms with Crippen LogP contribution in [0.1, 0.15) is 26.3 Å². The number of pyridine rings is 1. The van der Waals surface area contributed by atoms with Crippen molar-refractivity contribution in [1.29, 1.82) is 0 Å². The molecule has 0 radical (unpaired) electrons. The number of esters is 1. The van der Waals surface area contributed by atoms with Crippen LogP contribution in [0.4, 0.5) is 0 Å². The molecule has 0 unspecified atom stereocenters. The summed E-state index contributed by atoms with van der Waals surface area (Å²) in [6.45, 7) is 0. The highest BCUT2D eigenvalue weighted by Gasteiger charge is 2.21. The molecule has 0 bridgehead atoms. The third-order valence-corrected chi connectivity index (χ3v) is 3.77. The van der Waals surface area contributed by atoms with Crippen LogP contribution in [0.25, 0.3) is 5.69 Å². The van der Waals surface area contributed by atoms with Crippen molar-refractivity contribution in [3.05, 3.63) is 100.0 Å². The zero-order valence-electron chi connectivity index (χ0n) is 13.5. The van der Waals surface area contributed by atoms with Gasteiger partial charge >= 0.3 is 5.97 Å². The maximum Gasteiger partial charge on any atom is 0.338 e. The molecule has 0 saturated carbocycles. The second kappa shape index (κ2) is 6.97. The molecule has 1 aromatic heterocycles. The summed E-state index contributed by atoms with van der Waals surface area (Å²) in [4.78, 5) is 37.3. The molecule has 0 atom stereocenters. The number of para-hydroxylation sites is 1. The molecule has 2 aromatic carbocycles. The van der Waals surface area contributed by atoms with Crippen molar-refractivity contribution in [2.24, 2.45) is 0 Å². The lowest BCUT2D eigenvalue weighted by Gasteiger charge is -2.12. The van der Waals surface area contributed by atoms with E-state index in [0.29, 0.717) is 11.3 Å². The van der Waals surface area contributed by atoms with Crippen molar-refractivity contribution in [3.8, 4) is 5.69 Å². The summed E-state index contributed by atoms with van der Waals surface area (Å²) < 4.78 is 6.06. The first kappa shape index (κ1) is 16.4. The van der Waals surface area contributed by atoms with Crippen molar-refractivity contribution in [3.63, 3.8) is 0 Å². The predicted molar refractivity (Wildman–Crippen MR) is 93.3 cm³/mol. The Morgan fingerprint density at radius 2 is 1.48 bits per heavy atom. The molecular formula is C20H15NO4. The zero-order valence-corrected chi connectivity index (χ0v) is 13.5. The van der Waals surface area contributed by atoms with Gasteiger partial charge in [0, 0.05) is 23.5 Å². The molecule has 0 aliphatic heterocycles. The average molecular weight is 333 g/mol. The van der Waals surface area contributed by atoms with Gasteiger partial charge in [0.1, 0.15) is 0 Å². The first-order valence-corrected chi connectivity index (χ1v) is 7.62. The normalized spacial score (nSPS) is 10.3. The van der Waals surface area contributed by atoms with Crippen LogP contribution < -0.4 is 5.56 Å². The van der Waals surface area contributed by atoms with Gasteiger partial charge in [0.25, 0.3) is 5.56 Å². The quantitative estimate of drug-likeness (QED) is 0.544. The van der Waals surface area contributed by atoms with Gasteiger partial charge in [-0.3, -0.25) is 14.2 Å². The van der Waals surface area contributed by atoms with Crippen LogP contribution in [-0.2, 0) is 4.74 Å². The van der Waals surface area contributed by atoms with Gasteiger partial charge in [-0.2, -0.15) is 0 Å². The summed E-state index contributed by atoms with van der Waals surface area (Å²) in [5.41, 5.74) is 0.670. The van der Waals surface area contributed by atoms with Crippen LogP contribution in [0.15, 0.2) is 77.7 Å². The van der Waals surface area contributed by atoms with E-state index in [0.717, 1.165) is 6.07 Å². The van der Waals surface area contributed by atoms with Crippen molar-refractivity contribution >= 4 is 11.8 Å². The molecule has 5 nitrogen and oxygen atoms in total. The molecule has 5 heteroatoms. The minimum Gasteiger partial charge on any atom is -0.465 e. The summed E-state index contributed by atoms with van der Waals surface area (Å²) in [5, 5.41) is 0. The Bertz CT molecular complexity index is 976. The fourth-order valence-corrected chi connectivity index (χ4v) is 2.53. The van der Waals surface area contributed by atoms with Crippen LogP contribution >= 0.6 is 0 Å². The number of hydrogen-bond donors (Lipinski definition) is 0. The largest absolute Gasteiger partial charge is 0.465 e. The van der Waals surface area contributed by atoms with Gasteiger partial charge in [-0.15, -0.1) is 0 Å². The number of benzene rings is 2. The summed E-state index contributed by atoms with van der Waals surface area (Å²) in [6.07, 6.45) is 1.39. The molecule has 25 heavy (non-hydrogen) atoms. The molecule has 0 amide bonds. The van der Waals surface area contributed by atoms with Crippen LogP contribution in [0.2, 0.25) is 0 Å². The fraction of sp³-hybridized carbons (Fsp3) is 0.0500. The number of carbonyl (C=O) groups excluding carboxylic acids is 2. The van der Waals surface area contributed by atoms with Crippen LogP contribution in [-0.4, -0.2) is 23.4 Å². The van der Waals surface area contributed by atoms with E-state index < -0.39 is 11.5 Å².